The summed E-state index contributed by atoms with van der Waals surface area (Å²) < 4.78 is 0. The van der Waals surface area contributed by atoms with Crippen molar-refractivity contribution in [3.8, 4) is 6.07 Å². The number of nitriles is 1. The van der Waals surface area contributed by atoms with E-state index in [9.17, 15) is 4.79 Å². The molecule has 1 amide bonds. The molecule has 0 aromatic carbocycles. The maximum absolute atomic E-state index is 11.5. The summed E-state index contributed by atoms with van der Waals surface area (Å²) >= 11 is 0. The Morgan fingerprint density at radius 3 is 2.73 bits per heavy atom. The number of carbonyl (C=O) groups is 1. The van der Waals surface area contributed by atoms with Gasteiger partial charge in [-0.15, -0.1) is 0 Å². The lowest BCUT2D eigenvalue weighted by atomic mass is 10.0. The van der Waals surface area contributed by atoms with E-state index in [0.29, 0.717) is 31.8 Å². The fraction of sp³-hybridized carbons (Fsp3) is 0.818. The first kappa shape index (κ1) is 13.9. The van der Waals surface area contributed by atoms with E-state index < -0.39 is 0 Å². The molecule has 86 valence electrons. The number of nitrogens with zero attached hydrogens (tertiary/aromatic N) is 2. The minimum absolute atomic E-state index is 0.120. The van der Waals surface area contributed by atoms with Gasteiger partial charge in [0, 0.05) is 20.0 Å². The summed E-state index contributed by atoms with van der Waals surface area (Å²) in [6.45, 7) is 3.32. The van der Waals surface area contributed by atoms with Crippen LogP contribution in [-0.4, -0.2) is 30.9 Å². The molecular formula is C11H21N3O. The molecule has 4 heteroatoms. The van der Waals surface area contributed by atoms with Crippen molar-refractivity contribution in [3.05, 3.63) is 0 Å². The molecule has 0 radical (unpaired) electrons. The van der Waals surface area contributed by atoms with E-state index in [0.717, 1.165) is 12.8 Å². The van der Waals surface area contributed by atoms with E-state index in [1.807, 2.05) is 6.07 Å². The maximum Gasteiger partial charge on any atom is 0.222 e. The Labute approximate surface area is 92.0 Å². The van der Waals surface area contributed by atoms with Gasteiger partial charge in [0.25, 0.3) is 0 Å². The van der Waals surface area contributed by atoms with Crippen LogP contribution in [-0.2, 0) is 4.79 Å². The zero-order valence-electron chi connectivity index (χ0n) is 9.70. The second-order valence-electron chi connectivity index (χ2n) is 3.94. The molecule has 0 fully saturated rings. The Bertz CT molecular complexity index is 222. The lowest BCUT2D eigenvalue weighted by Gasteiger charge is -2.16. The summed E-state index contributed by atoms with van der Waals surface area (Å²) in [5, 5.41) is 8.38. The summed E-state index contributed by atoms with van der Waals surface area (Å²) in [6.07, 6.45) is 2.81. The van der Waals surface area contributed by atoms with Gasteiger partial charge in [0.1, 0.15) is 0 Å². The molecule has 0 saturated carbocycles. The van der Waals surface area contributed by atoms with E-state index >= 15 is 0 Å². The van der Waals surface area contributed by atoms with Crippen LogP contribution in [0.3, 0.4) is 0 Å². The van der Waals surface area contributed by atoms with E-state index in [2.05, 4.69) is 6.92 Å². The van der Waals surface area contributed by atoms with E-state index in [1.165, 1.54) is 0 Å². The third-order valence-corrected chi connectivity index (χ3v) is 2.50. The van der Waals surface area contributed by atoms with Crippen molar-refractivity contribution in [2.24, 2.45) is 11.7 Å². The summed E-state index contributed by atoms with van der Waals surface area (Å²) in [5.74, 6) is 0.623. The molecule has 1 atom stereocenters. The average Bonchev–Trinajstić information content (AvgIpc) is 2.22. The Kier molecular flexibility index (Phi) is 7.65. The van der Waals surface area contributed by atoms with Crippen LogP contribution in [0.4, 0.5) is 0 Å². The van der Waals surface area contributed by atoms with Crippen LogP contribution >= 0.6 is 0 Å². The molecule has 0 aromatic heterocycles. The molecule has 4 nitrogen and oxygen atoms in total. The quantitative estimate of drug-likeness (QED) is 0.686. The topological polar surface area (TPSA) is 70.1 Å². The molecule has 0 bridgehead atoms. The second kappa shape index (κ2) is 8.25. The van der Waals surface area contributed by atoms with Crippen molar-refractivity contribution in [3.63, 3.8) is 0 Å². The summed E-state index contributed by atoms with van der Waals surface area (Å²) in [7, 11) is 1.74. The van der Waals surface area contributed by atoms with Gasteiger partial charge in [-0.05, 0) is 25.3 Å². The largest absolute Gasteiger partial charge is 0.345 e. The minimum atomic E-state index is 0.120. The van der Waals surface area contributed by atoms with Crippen molar-refractivity contribution in [2.75, 3.05) is 20.1 Å². The Morgan fingerprint density at radius 1 is 1.53 bits per heavy atom. The highest BCUT2D eigenvalue weighted by molar-refractivity contribution is 5.75. The van der Waals surface area contributed by atoms with Gasteiger partial charge in [0.05, 0.1) is 12.5 Å². The highest BCUT2D eigenvalue weighted by Crippen LogP contribution is 2.10. The van der Waals surface area contributed by atoms with Gasteiger partial charge in [-0.1, -0.05) is 6.92 Å². The molecule has 0 aromatic rings. The zero-order valence-corrected chi connectivity index (χ0v) is 9.70. The second-order valence-corrected chi connectivity index (χ2v) is 3.94. The van der Waals surface area contributed by atoms with Gasteiger partial charge in [-0.3, -0.25) is 4.79 Å². The van der Waals surface area contributed by atoms with Crippen LogP contribution in [0.15, 0.2) is 0 Å². The molecule has 15 heavy (non-hydrogen) atoms. The van der Waals surface area contributed by atoms with E-state index in [1.54, 1.807) is 11.9 Å². The lowest BCUT2D eigenvalue weighted by molar-refractivity contribution is -0.130. The molecule has 0 aliphatic rings. The molecular weight excluding hydrogens is 190 g/mol. The van der Waals surface area contributed by atoms with Crippen molar-refractivity contribution in [1.29, 1.82) is 5.26 Å². The standard InChI is InChI=1S/C11H21N3O/c1-10(6-8-13)4-5-11(15)14(2)9-3-7-12/h10H,3-6,8-9,13H2,1-2H3. The highest BCUT2D eigenvalue weighted by Gasteiger charge is 2.10. The third-order valence-electron chi connectivity index (χ3n) is 2.50. The van der Waals surface area contributed by atoms with Crippen molar-refractivity contribution in [2.45, 2.75) is 32.6 Å². The average molecular weight is 211 g/mol. The molecule has 0 rings (SSSR count). The predicted octanol–water partition coefficient (Wildman–Crippen LogP) is 1.12. The normalized spacial score (nSPS) is 11.9. The first-order valence-electron chi connectivity index (χ1n) is 5.42. The smallest absolute Gasteiger partial charge is 0.222 e. The molecule has 0 heterocycles. The van der Waals surface area contributed by atoms with Crippen LogP contribution in [0.2, 0.25) is 0 Å². The van der Waals surface area contributed by atoms with Crippen LogP contribution < -0.4 is 5.73 Å². The summed E-state index contributed by atoms with van der Waals surface area (Å²) in [6, 6.07) is 2.03. The van der Waals surface area contributed by atoms with Crippen LogP contribution in [0.25, 0.3) is 0 Å². The van der Waals surface area contributed by atoms with Gasteiger partial charge in [0.15, 0.2) is 0 Å². The Balaban J connectivity index is 3.68. The van der Waals surface area contributed by atoms with Gasteiger partial charge < -0.3 is 10.6 Å². The number of carbonyl (C=O) groups excluding carboxylic acids is 1. The monoisotopic (exact) mass is 211 g/mol. The fourth-order valence-electron chi connectivity index (χ4n) is 1.33. The number of hydrogen-bond donors (Lipinski definition) is 1. The number of rotatable bonds is 7. The molecule has 1 unspecified atom stereocenters. The minimum Gasteiger partial charge on any atom is -0.345 e. The summed E-state index contributed by atoms with van der Waals surface area (Å²) in [4.78, 5) is 13.2. The third kappa shape index (κ3) is 6.92. The predicted molar refractivity (Wildman–Crippen MR) is 59.9 cm³/mol. The fourth-order valence-corrected chi connectivity index (χ4v) is 1.33. The molecule has 0 spiro atoms. The van der Waals surface area contributed by atoms with Gasteiger partial charge in [-0.25, -0.2) is 0 Å². The maximum atomic E-state index is 11.5. The summed E-state index contributed by atoms with van der Waals surface area (Å²) in [5.41, 5.74) is 5.43. The first-order chi connectivity index (χ1) is 7.11. The van der Waals surface area contributed by atoms with Crippen LogP contribution in [0, 0.1) is 17.2 Å². The Morgan fingerprint density at radius 2 is 2.20 bits per heavy atom. The Hall–Kier alpha value is -1.08. The van der Waals surface area contributed by atoms with E-state index in [4.69, 9.17) is 11.0 Å². The van der Waals surface area contributed by atoms with Crippen molar-refractivity contribution in [1.82, 2.24) is 4.90 Å². The SMILES string of the molecule is CC(CCN)CCC(=O)N(C)CCC#N. The van der Waals surface area contributed by atoms with E-state index in [-0.39, 0.29) is 5.91 Å². The van der Waals surface area contributed by atoms with Crippen LogP contribution in [0.5, 0.6) is 0 Å². The highest BCUT2D eigenvalue weighted by atomic mass is 16.2. The van der Waals surface area contributed by atoms with Gasteiger partial charge >= 0.3 is 0 Å². The number of amides is 1. The number of hydrogen-bond acceptors (Lipinski definition) is 3. The molecule has 0 aliphatic heterocycles. The molecule has 2 N–H and O–H groups in total. The number of nitrogens with two attached hydrogens (primary N) is 1. The lowest BCUT2D eigenvalue weighted by Crippen LogP contribution is -2.27. The first-order valence-corrected chi connectivity index (χ1v) is 5.42. The van der Waals surface area contributed by atoms with Gasteiger partial charge in [-0.2, -0.15) is 5.26 Å². The molecule has 0 aliphatic carbocycles. The van der Waals surface area contributed by atoms with Crippen molar-refractivity contribution < 1.29 is 4.79 Å². The van der Waals surface area contributed by atoms with Gasteiger partial charge in [0.2, 0.25) is 5.91 Å². The zero-order chi connectivity index (χ0) is 11.7. The molecule has 0 saturated heterocycles. The van der Waals surface area contributed by atoms with Crippen molar-refractivity contribution >= 4 is 5.91 Å². The van der Waals surface area contributed by atoms with Crippen LogP contribution in [0.1, 0.15) is 32.6 Å².